The van der Waals surface area contributed by atoms with E-state index in [4.69, 9.17) is 9.47 Å². The number of aromatic nitrogens is 1. The van der Waals surface area contributed by atoms with Gasteiger partial charge in [-0.1, -0.05) is 0 Å². The van der Waals surface area contributed by atoms with Crippen molar-refractivity contribution < 1.29 is 14.3 Å². The molecule has 6 heteroatoms. The summed E-state index contributed by atoms with van der Waals surface area (Å²) in [5, 5.41) is 1.07. The van der Waals surface area contributed by atoms with Crippen LogP contribution in [-0.4, -0.2) is 74.5 Å². The Bertz CT molecular complexity index is 735. The Kier molecular flexibility index (Phi) is 5.60. The molecule has 2 heterocycles. The van der Waals surface area contributed by atoms with E-state index in [2.05, 4.69) is 9.80 Å². The summed E-state index contributed by atoms with van der Waals surface area (Å²) in [7, 11) is 5.73. The highest BCUT2D eigenvalue weighted by Crippen LogP contribution is 2.26. The van der Waals surface area contributed by atoms with E-state index in [1.54, 1.807) is 11.7 Å². The Morgan fingerprint density at radius 3 is 2.72 bits per heavy atom. The minimum absolute atomic E-state index is 0.324. The fourth-order valence-corrected chi connectivity index (χ4v) is 3.04. The van der Waals surface area contributed by atoms with Crippen LogP contribution in [0.2, 0.25) is 0 Å². The first-order valence-corrected chi connectivity index (χ1v) is 8.80. The van der Waals surface area contributed by atoms with Crippen LogP contribution in [0.15, 0.2) is 24.4 Å². The van der Waals surface area contributed by atoms with Crippen LogP contribution in [0.25, 0.3) is 10.9 Å². The van der Waals surface area contributed by atoms with Gasteiger partial charge in [-0.05, 0) is 57.7 Å². The maximum Gasteiger partial charge on any atom is 0.418 e. The molecule has 0 N–H and O–H groups in total. The third kappa shape index (κ3) is 4.14. The molecular weight excluding hydrogens is 318 g/mol. The smallest absolute Gasteiger partial charge is 0.418 e. The fourth-order valence-electron chi connectivity index (χ4n) is 3.04. The van der Waals surface area contributed by atoms with Crippen molar-refractivity contribution in [1.29, 1.82) is 0 Å². The van der Waals surface area contributed by atoms with E-state index >= 15 is 0 Å². The summed E-state index contributed by atoms with van der Waals surface area (Å²) in [6, 6.07) is 5.84. The Labute approximate surface area is 148 Å². The topological polar surface area (TPSA) is 46.9 Å². The molecule has 0 atom stereocenters. The molecule has 0 spiro atoms. The first-order valence-electron chi connectivity index (χ1n) is 8.80. The molecule has 1 aliphatic rings. The van der Waals surface area contributed by atoms with E-state index in [0.29, 0.717) is 6.61 Å². The molecule has 1 aromatic heterocycles. The number of hydrogen-bond acceptors (Lipinski definition) is 5. The van der Waals surface area contributed by atoms with E-state index in [9.17, 15) is 4.79 Å². The zero-order valence-electron chi connectivity index (χ0n) is 15.3. The standard InChI is InChI=1S/C19H27N3O3/c1-20(2)10-7-15-14-22(18-13-16(24-3)5-6-17(15)18)19(23)25-12-11-21-8-4-9-21/h5-6,13-14H,4,7-12H2,1-3H3. The minimum Gasteiger partial charge on any atom is -0.497 e. The van der Waals surface area contributed by atoms with E-state index in [-0.39, 0.29) is 6.09 Å². The van der Waals surface area contributed by atoms with Gasteiger partial charge in [0.05, 0.1) is 12.6 Å². The predicted molar refractivity (Wildman–Crippen MR) is 98.6 cm³/mol. The quantitative estimate of drug-likeness (QED) is 0.771. The summed E-state index contributed by atoms with van der Waals surface area (Å²) < 4.78 is 12.4. The van der Waals surface area contributed by atoms with E-state index in [0.717, 1.165) is 54.8 Å². The van der Waals surface area contributed by atoms with E-state index in [1.165, 1.54) is 6.42 Å². The highest BCUT2D eigenvalue weighted by molar-refractivity contribution is 5.92. The fraction of sp³-hybridized carbons (Fsp3) is 0.526. The molecule has 136 valence electrons. The molecule has 1 aliphatic heterocycles. The molecule has 3 rings (SSSR count). The molecule has 1 fully saturated rings. The predicted octanol–water partition coefficient (Wildman–Crippen LogP) is 2.44. The van der Waals surface area contributed by atoms with E-state index < -0.39 is 0 Å². The van der Waals surface area contributed by atoms with E-state index in [1.807, 2.05) is 38.5 Å². The first-order chi connectivity index (χ1) is 12.1. The van der Waals surface area contributed by atoms with Gasteiger partial charge in [0.15, 0.2) is 0 Å². The molecule has 0 aliphatic carbocycles. The molecule has 0 radical (unpaired) electrons. The van der Waals surface area contributed by atoms with Crippen LogP contribution in [0, 0.1) is 0 Å². The number of methoxy groups -OCH3 is 1. The summed E-state index contributed by atoms with van der Waals surface area (Å²) in [6.07, 6.45) is 3.70. The van der Waals surface area contributed by atoms with Gasteiger partial charge in [-0.25, -0.2) is 4.79 Å². The molecule has 2 aromatic rings. The van der Waals surface area contributed by atoms with Crippen molar-refractivity contribution >= 4 is 17.0 Å². The number of carbonyl (C=O) groups is 1. The first kappa shape index (κ1) is 17.8. The second kappa shape index (κ2) is 7.89. The van der Waals surface area contributed by atoms with Gasteiger partial charge >= 0.3 is 6.09 Å². The normalized spacial score (nSPS) is 14.7. The second-order valence-electron chi connectivity index (χ2n) is 6.77. The molecule has 0 unspecified atom stereocenters. The third-order valence-corrected chi connectivity index (χ3v) is 4.70. The molecule has 25 heavy (non-hydrogen) atoms. The highest BCUT2D eigenvalue weighted by Gasteiger charge is 2.17. The second-order valence-corrected chi connectivity index (χ2v) is 6.77. The number of ether oxygens (including phenoxy) is 2. The lowest BCUT2D eigenvalue weighted by Gasteiger charge is -2.30. The highest BCUT2D eigenvalue weighted by atomic mass is 16.5. The SMILES string of the molecule is COc1ccc2c(CCN(C)C)cn(C(=O)OCCN3CCC3)c2c1. The lowest BCUT2D eigenvalue weighted by molar-refractivity contribution is 0.107. The van der Waals surface area contributed by atoms with Gasteiger partial charge in [-0.3, -0.25) is 9.47 Å². The van der Waals surface area contributed by atoms with Crippen molar-refractivity contribution in [3.63, 3.8) is 0 Å². The van der Waals surface area contributed by atoms with Crippen LogP contribution in [0.1, 0.15) is 12.0 Å². The number of likely N-dealkylation sites (tertiary alicyclic amines) is 1. The molecule has 1 aromatic carbocycles. The summed E-state index contributed by atoms with van der Waals surface area (Å²) >= 11 is 0. The van der Waals surface area contributed by atoms with Crippen LogP contribution < -0.4 is 4.74 Å². The monoisotopic (exact) mass is 345 g/mol. The van der Waals surface area contributed by atoms with Gasteiger partial charge in [0.1, 0.15) is 12.4 Å². The van der Waals surface area contributed by atoms with Gasteiger partial charge < -0.3 is 14.4 Å². The molecular formula is C19H27N3O3. The zero-order chi connectivity index (χ0) is 17.8. The van der Waals surface area contributed by atoms with Gasteiger partial charge in [-0.2, -0.15) is 0 Å². The Balaban J connectivity index is 1.79. The van der Waals surface area contributed by atoms with Gasteiger partial charge in [0.25, 0.3) is 0 Å². The number of hydrogen-bond donors (Lipinski definition) is 0. The summed E-state index contributed by atoms with van der Waals surface area (Å²) in [5.74, 6) is 0.736. The third-order valence-electron chi connectivity index (χ3n) is 4.70. The van der Waals surface area contributed by atoms with Crippen LogP contribution >= 0.6 is 0 Å². The number of benzene rings is 1. The van der Waals surface area contributed by atoms with Crippen LogP contribution in [0.5, 0.6) is 5.75 Å². The van der Waals surface area contributed by atoms with Crippen molar-refractivity contribution in [2.45, 2.75) is 12.8 Å². The molecule has 6 nitrogen and oxygen atoms in total. The Hall–Kier alpha value is -2.05. The Morgan fingerprint density at radius 2 is 2.08 bits per heavy atom. The largest absolute Gasteiger partial charge is 0.497 e. The van der Waals surface area contributed by atoms with Gasteiger partial charge in [0.2, 0.25) is 0 Å². The Morgan fingerprint density at radius 1 is 1.28 bits per heavy atom. The van der Waals surface area contributed by atoms with Crippen molar-refractivity contribution in [3.8, 4) is 5.75 Å². The van der Waals surface area contributed by atoms with Crippen LogP contribution in [0.3, 0.4) is 0 Å². The number of fused-ring (bicyclic) bond motifs is 1. The summed E-state index contributed by atoms with van der Waals surface area (Å²) in [5.41, 5.74) is 1.98. The molecule has 0 amide bonds. The molecule has 0 bridgehead atoms. The summed E-state index contributed by atoms with van der Waals surface area (Å²) in [4.78, 5) is 17.0. The maximum absolute atomic E-state index is 12.6. The van der Waals surface area contributed by atoms with Crippen molar-refractivity contribution in [1.82, 2.24) is 14.4 Å². The maximum atomic E-state index is 12.6. The lowest BCUT2D eigenvalue weighted by atomic mass is 10.1. The summed E-state index contributed by atoms with van der Waals surface area (Å²) in [6.45, 7) is 4.37. The van der Waals surface area contributed by atoms with Crippen molar-refractivity contribution in [3.05, 3.63) is 30.0 Å². The number of rotatable bonds is 7. The zero-order valence-corrected chi connectivity index (χ0v) is 15.3. The van der Waals surface area contributed by atoms with Crippen LogP contribution in [0.4, 0.5) is 4.79 Å². The average molecular weight is 345 g/mol. The lowest BCUT2D eigenvalue weighted by Crippen LogP contribution is -2.39. The van der Waals surface area contributed by atoms with Gasteiger partial charge in [-0.15, -0.1) is 0 Å². The molecule has 0 saturated carbocycles. The number of carbonyl (C=O) groups excluding carboxylic acids is 1. The van der Waals surface area contributed by atoms with Crippen molar-refractivity contribution in [2.75, 3.05) is 54.0 Å². The van der Waals surface area contributed by atoms with Crippen LogP contribution in [-0.2, 0) is 11.2 Å². The number of nitrogens with zero attached hydrogens (tertiary/aromatic N) is 3. The van der Waals surface area contributed by atoms with Crippen molar-refractivity contribution in [2.24, 2.45) is 0 Å². The van der Waals surface area contributed by atoms with Gasteiger partial charge in [0, 0.05) is 30.7 Å². The average Bonchev–Trinajstić information content (AvgIpc) is 2.92. The minimum atomic E-state index is -0.324. The number of likely N-dealkylation sites (N-methyl/N-ethyl adjacent to an activating group) is 1. The molecule has 1 saturated heterocycles.